The Bertz CT molecular complexity index is 1340. The first-order valence-corrected chi connectivity index (χ1v) is 15.2. The van der Waals surface area contributed by atoms with Gasteiger partial charge in [0.25, 0.3) is 0 Å². The van der Waals surface area contributed by atoms with Crippen LogP contribution >= 0.6 is 15.8 Å². The van der Waals surface area contributed by atoms with E-state index in [2.05, 4.69) is 158 Å². The molecule has 6 rings (SSSR count). The number of rotatable bonds is 7. The van der Waals surface area contributed by atoms with Crippen LogP contribution in [0, 0.1) is 5.92 Å². The summed E-state index contributed by atoms with van der Waals surface area (Å²) in [6.07, 6.45) is 14.2. The fraction of sp³-hybridized carbons (Fsp3) is 0.0588. The van der Waals surface area contributed by atoms with Crippen molar-refractivity contribution >= 4 is 37.1 Å². The van der Waals surface area contributed by atoms with Crippen LogP contribution in [0.25, 0.3) is 0 Å². The maximum Gasteiger partial charge on any atom is 0.0276 e. The summed E-state index contributed by atoms with van der Waals surface area (Å²) in [5, 5.41) is 7.22. The van der Waals surface area contributed by atoms with Gasteiger partial charge in [0.15, 0.2) is 0 Å². The lowest BCUT2D eigenvalue weighted by Gasteiger charge is -2.32. The smallest absolute Gasteiger partial charge is 0.0276 e. The molecule has 0 fully saturated rings. The molecule has 0 saturated carbocycles. The fourth-order valence-electron chi connectivity index (χ4n) is 5.22. The molecule has 36 heavy (non-hydrogen) atoms. The maximum atomic E-state index is 2.44. The maximum absolute atomic E-state index is 2.44. The molecule has 2 heteroatoms. The lowest BCUT2D eigenvalue weighted by molar-refractivity contribution is 0.937. The molecule has 0 radical (unpaired) electrons. The van der Waals surface area contributed by atoms with Crippen molar-refractivity contribution < 1.29 is 0 Å². The van der Waals surface area contributed by atoms with Crippen molar-refractivity contribution in [3.63, 3.8) is 0 Å². The molecule has 4 aromatic carbocycles. The second-order valence-electron chi connectivity index (χ2n) is 9.00. The van der Waals surface area contributed by atoms with Crippen LogP contribution in [0.3, 0.4) is 0 Å². The van der Waals surface area contributed by atoms with E-state index in [9.17, 15) is 0 Å². The van der Waals surface area contributed by atoms with Gasteiger partial charge < -0.3 is 0 Å². The first-order valence-electron chi connectivity index (χ1n) is 12.5. The highest BCUT2D eigenvalue weighted by Gasteiger charge is 2.35. The van der Waals surface area contributed by atoms with Gasteiger partial charge in [-0.05, 0) is 47.9 Å². The topological polar surface area (TPSA) is 0 Å². The average Bonchev–Trinajstić information content (AvgIpc) is 3.62. The van der Waals surface area contributed by atoms with Crippen molar-refractivity contribution in [3.05, 3.63) is 169 Å². The zero-order chi connectivity index (χ0) is 24.2. The quantitative estimate of drug-likeness (QED) is 0.237. The normalized spacial score (nSPS) is 18.6. The van der Waals surface area contributed by atoms with Crippen molar-refractivity contribution in [2.45, 2.75) is 5.66 Å². The third-order valence-corrected chi connectivity index (χ3v) is 12.1. The van der Waals surface area contributed by atoms with Crippen molar-refractivity contribution in [3.8, 4) is 0 Å². The van der Waals surface area contributed by atoms with E-state index in [4.69, 9.17) is 0 Å². The van der Waals surface area contributed by atoms with E-state index in [1.807, 2.05) is 0 Å². The Morgan fingerprint density at radius 1 is 0.444 bits per heavy atom. The highest BCUT2D eigenvalue weighted by Crippen LogP contribution is 2.55. The minimum atomic E-state index is -0.617. The Labute approximate surface area is 216 Å². The molecule has 2 aliphatic carbocycles. The van der Waals surface area contributed by atoms with Crippen LogP contribution in [0.5, 0.6) is 0 Å². The van der Waals surface area contributed by atoms with Gasteiger partial charge in [-0.1, -0.05) is 158 Å². The van der Waals surface area contributed by atoms with Crippen LogP contribution in [0.4, 0.5) is 0 Å². The molecule has 0 unspecified atom stereocenters. The largest absolute Gasteiger partial charge is 0.0729 e. The molecule has 0 heterocycles. The molecule has 2 aliphatic rings. The van der Waals surface area contributed by atoms with Gasteiger partial charge in [0.05, 0.1) is 0 Å². The molecule has 0 saturated heterocycles. The van der Waals surface area contributed by atoms with Crippen LogP contribution in [0.15, 0.2) is 169 Å². The van der Waals surface area contributed by atoms with Crippen molar-refractivity contribution in [1.29, 1.82) is 0 Å². The second-order valence-corrected chi connectivity index (χ2v) is 13.5. The Morgan fingerprint density at radius 2 is 0.889 bits per heavy atom. The molecule has 0 amide bonds. The van der Waals surface area contributed by atoms with Gasteiger partial charge in [0.1, 0.15) is 0 Å². The molecule has 0 N–H and O–H groups in total. The van der Waals surface area contributed by atoms with Crippen molar-refractivity contribution in [2.24, 2.45) is 5.92 Å². The molecular weight excluding hydrogens is 470 g/mol. The molecular formula is C34H28P2. The highest BCUT2D eigenvalue weighted by molar-refractivity contribution is 7.77. The van der Waals surface area contributed by atoms with Crippen LogP contribution < -0.4 is 21.2 Å². The van der Waals surface area contributed by atoms with E-state index < -0.39 is 15.8 Å². The van der Waals surface area contributed by atoms with Gasteiger partial charge in [-0.2, -0.15) is 0 Å². The highest BCUT2D eigenvalue weighted by atomic mass is 31.1. The van der Waals surface area contributed by atoms with Gasteiger partial charge >= 0.3 is 0 Å². The Kier molecular flexibility index (Phi) is 6.91. The number of allylic oxidation sites excluding steroid dienone is 8. The lowest BCUT2D eigenvalue weighted by Crippen LogP contribution is -2.24. The summed E-state index contributed by atoms with van der Waals surface area (Å²) in [6, 6.07) is 44.3. The van der Waals surface area contributed by atoms with E-state index in [1.165, 1.54) is 32.1 Å². The van der Waals surface area contributed by atoms with E-state index in [0.717, 1.165) is 0 Å². The van der Waals surface area contributed by atoms with E-state index in [1.54, 1.807) is 0 Å². The van der Waals surface area contributed by atoms with Gasteiger partial charge in [-0.25, -0.2) is 0 Å². The zero-order valence-corrected chi connectivity index (χ0v) is 21.8. The van der Waals surface area contributed by atoms with Crippen LogP contribution in [0.2, 0.25) is 0 Å². The lowest BCUT2D eigenvalue weighted by atomic mass is 9.99. The molecule has 0 aliphatic heterocycles. The summed E-state index contributed by atoms with van der Waals surface area (Å²) < 4.78 is 0. The fourth-order valence-corrected chi connectivity index (χ4v) is 10.5. The number of hydrogen-bond acceptors (Lipinski definition) is 0. The molecule has 0 bridgehead atoms. The summed E-state index contributed by atoms with van der Waals surface area (Å²) in [7, 11) is -1.18. The standard InChI is InChI=1S/C34H28P2/c1-5-15-27(16-6-1)35(28-17-7-2-8-18-28)33-25-13-23-31(33)32-24-14-26-34(32)36(29-19-9-3-10-20-29)30-21-11-4-12-22-30/h1-26,31,34H/t31-,34-/m1/s1. The Balaban J connectivity index is 1.41. The van der Waals surface area contributed by atoms with E-state index >= 15 is 0 Å². The number of hydrogen-bond donors (Lipinski definition) is 0. The minimum absolute atomic E-state index is 0.314. The van der Waals surface area contributed by atoms with Crippen LogP contribution in [-0.2, 0) is 0 Å². The summed E-state index contributed by atoms with van der Waals surface area (Å²) >= 11 is 0. The predicted octanol–water partition coefficient (Wildman–Crippen LogP) is 7.19. The van der Waals surface area contributed by atoms with E-state index in [-0.39, 0.29) is 0 Å². The third-order valence-electron chi connectivity index (χ3n) is 6.81. The predicted molar refractivity (Wildman–Crippen MR) is 160 cm³/mol. The van der Waals surface area contributed by atoms with Crippen LogP contribution in [0.1, 0.15) is 0 Å². The van der Waals surface area contributed by atoms with Crippen molar-refractivity contribution in [1.82, 2.24) is 0 Å². The average molecular weight is 499 g/mol. The summed E-state index contributed by atoms with van der Waals surface area (Å²) in [5.41, 5.74) is 1.90. The first kappa shape index (κ1) is 23.1. The summed E-state index contributed by atoms with van der Waals surface area (Å²) in [6.45, 7) is 0. The van der Waals surface area contributed by atoms with Gasteiger partial charge in [0.2, 0.25) is 0 Å². The van der Waals surface area contributed by atoms with Crippen molar-refractivity contribution in [2.75, 3.05) is 0 Å². The monoisotopic (exact) mass is 498 g/mol. The van der Waals surface area contributed by atoms with Gasteiger partial charge in [-0.15, -0.1) is 0 Å². The second kappa shape index (κ2) is 10.8. The molecule has 174 valence electrons. The molecule has 4 aromatic rings. The van der Waals surface area contributed by atoms with Gasteiger partial charge in [-0.3, -0.25) is 0 Å². The van der Waals surface area contributed by atoms with Gasteiger partial charge in [0, 0.05) is 11.6 Å². The molecule has 0 spiro atoms. The zero-order valence-electron chi connectivity index (χ0n) is 20.1. The SMILES string of the molecule is C1=C[C@H](C2=CC=C[C@H]2P(c2ccccc2)c2ccccc2)C(P(c2ccccc2)c2ccccc2)=C1. The molecule has 2 atom stereocenters. The third kappa shape index (κ3) is 4.60. The van der Waals surface area contributed by atoms with E-state index in [0.29, 0.717) is 11.6 Å². The molecule has 0 nitrogen and oxygen atoms in total. The first-order chi connectivity index (χ1) is 17.9. The summed E-state index contributed by atoms with van der Waals surface area (Å²) in [5.74, 6) is 0.314. The molecule has 0 aromatic heterocycles. The summed E-state index contributed by atoms with van der Waals surface area (Å²) in [4.78, 5) is 0. The van der Waals surface area contributed by atoms with Crippen LogP contribution in [-0.4, -0.2) is 5.66 Å². The number of benzene rings is 4. The minimum Gasteiger partial charge on any atom is -0.0729 e. The Morgan fingerprint density at radius 3 is 1.39 bits per heavy atom. The Hall–Kier alpha value is -3.30.